The van der Waals surface area contributed by atoms with E-state index in [1.807, 2.05) is 36.0 Å². The van der Waals surface area contributed by atoms with Crippen molar-refractivity contribution in [2.75, 3.05) is 45.2 Å². The molecule has 120 valence electrons. The van der Waals surface area contributed by atoms with Gasteiger partial charge in [-0.25, -0.2) is 0 Å². The predicted octanol–water partition coefficient (Wildman–Crippen LogP) is 1.29. The summed E-state index contributed by atoms with van der Waals surface area (Å²) in [5.74, 6) is 2.90. The van der Waals surface area contributed by atoms with Gasteiger partial charge < -0.3 is 15.5 Å². The van der Waals surface area contributed by atoms with Crippen molar-refractivity contribution in [1.82, 2.24) is 9.80 Å². The van der Waals surface area contributed by atoms with Gasteiger partial charge in [-0.15, -0.1) is 0 Å². The topological polar surface area (TPSA) is 61.9 Å². The molecule has 0 radical (unpaired) electrons. The quantitative estimate of drug-likeness (QED) is 0.671. The standard InChI is InChI=1S/C16H24N4OS/c1-19(2)15(21)14-5-3-4-13(12-14)6-7-18-16(17)20-8-10-22-11-9-20/h3-5,12H,6-11H2,1-2H3,(H2,17,18). The summed E-state index contributed by atoms with van der Waals surface area (Å²) in [6.07, 6.45) is 0.790. The third-order valence-corrected chi connectivity index (χ3v) is 4.53. The lowest BCUT2D eigenvalue weighted by Crippen LogP contribution is -2.42. The van der Waals surface area contributed by atoms with Crippen LogP contribution in [-0.2, 0) is 6.42 Å². The largest absolute Gasteiger partial charge is 0.370 e. The van der Waals surface area contributed by atoms with Crippen LogP contribution in [0.3, 0.4) is 0 Å². The van der Waals surface area contributed by atoms with Crippen LogP contribution in [0.1, 0.15) is 15.9 Å². The third-order valence-electron chi connectivity index (χ3n) is 3.59. The summed E-state index contributed by atoms with van der Waals surface area (Å²) >= 11 is 1.96. The van der Waals surface area contributed by atoms with Crippen LogP contribution in [0, 0.1) is 0 Å². The Morgan fingerprint density at radius 2 is 2.09 bits per heavy atom. The monoisotopic (exact) mass is 320 g/mol. The van der Waals surface area contributed by atoms with Crippen LogP contribution in [0.2, 0.25) is 0 Å². The zero-order valence-corrected chi connectivity index (χ0v) is 14.1. The number of hydrogen-bond acceptors (Lipinski definition) is 3. The molecule has 0 saturated carbocycles. The van der Waals surface area contributed by atoms with E-state index < -0.39 is 0 Å². The average molecular weight is 320 g/mol. The van der Waals surface area contributed by atoms with Crippen LogP contribution < -0.4 is 5.73 Å². The second-order valence-electron chi connectivity index (χ2n) is 5.49. The van der Waals surface area contributed by atoms with Crippen LogP contribution in [0.15, 0.2) is 29.3 Å². The zero-order chi connectivity index (χ0) is 15.9. The average Bonchev–Trinajstić information content (AvgIpc) is 2.55. The Hall–Kier alpha value is -1.69. The molecule has 0 bridgehead atoms. The number of carbonyl (C=O) groups excluding carboxylic acids is 1. The summed E-state index contributed by atoms with van der Waals surface area (Å²) in [5, 5.41) is 0. The Bertz CT molecular complexity index is 539. The van der Waals surface area contributed by atoms with Gasteiger partial charge in [-0.1, -0.05) is 12.1 Å². The highest BCUT2D eigenvalue weighted by molar-refractivity contribution is 7.99. The Morgan fingerprint density at radius 3 is 2.77 bits per heavy atom. The Labute approximate surface area is 136 Å². The maximum Gasteiger partial charge on any atom is 0.253 e. The minimum absolute atomic E-state index is 0.0238. The summed E-state index contributed by atoms with van der Waals surface area (Å²) in [6, 6.07) is 7.72. The smallest absolute Gasteiger partial charge is 0.253 e. The van der Waals surface area contributed by atoms with E-state index >= 15 is 0 Å². The highest BCUT2D eigenvalue weighted by atomic mass is 32.2. The summed E-state index contributed by atoms with van der Waals surface area (Å²) in [7, 11) is 3.52. The van der Waals surface area contributed by atoms with Crippen molar-refractivity contribution < 1.29 is 4.79 Å². The van der Waals surface area contributed by atoms with E-state index in [-0.39, 0.29) is 5.91 Å². The second kappa shape index (κ2) is 8.08. The van der Waals surface area contributed by atoms with Gasteiger partial charge in [-0.05, 0) is 24.1 Å². The van der Waals surface area contributed by atoms with Crippen molar-refractivity contribution in [3.05, 3.63) is 35.4 Å². The molecule has 1 aliphatic heterocycles. The van der Waals surface area contributed by atoms with Crippen LogP contribution in [0.4, 0.5) is 0 Å². The van der Waals surface area contributed by atoms with Gasteiger partial charge in [0.2, 0.25) is 0 Å². The molecule has 5 nitrogen and oxygen atoms in total. The molecule has 2 N–H and O–H groups in total. The first-order chi connectivity index (χ1) is 10.6. The fraction of sp³-hybridized carbons (Fsp3) is 0.500. The second-order valence-corrected chi connectivity index (χ2v) is 6.71. The number of nitrogens with two attached hydrogens (primary N) is 1. The van der Waals surface area contributed by atoms with E-state index in [0.717, 1.165) is 36.6 Å². The number of benzene rings is 1. The number of nitrogens with zero attached hydrogens (tertiary/aromatic N) is 3. The molecule has 0 unspecified atom stereocenters. The lowest BCUT2D eigenvalue weighted by Gasteiger charge is -2.27. The highest BCUT2D eigenvalue weighted by Gasteiger charge is 2.12. The molecule has 2 rings (SSSR count). The maximum absolute atomic E-state index is 12.0. The van der Waals surface area contributed by atoms with Gasteiger partial charge in [0.05, 0.1) is 0 Å². The molecular weight excluding hydrogens is 296 g/mol. The molecule has 22 heavy (non-hydrogen) atoms. The molecule has 1 aromatic rings. The Balaban J connectivity index is 1.91. The predicted molar refractivity (Wildman–Crippen MR) is 93.6 cm³/mol. The van der Waals surface area contributed by atoms with Crippen molar-refractivity contribution >= 4 is 23.6 Å². The number of guanidine groups is 1. The number of rotatable bonds is 4. The summed E-state index contributed by atoms with van der Waals surface area (Å²) < 4.78 is 0. The van der Waals surface area contributed by atoms with Gasteiger partial charge in [0.15, 0.2) is 5.96 Å². The molecule has 1 heterocycles. The van der Waals surface area contributed by atoms with Gasteiger partial charge in [0, 0.05) is 50.8 Å². The first kappa shape index (κ1) is 16.7. The van der Waals surface area contributed by atoms with Crippen LogP contribution in [-0.4, -0.2) is 66.9 Å². The van der Waals surface area contributed by atoms with Crippen LogP contribution >= 0.6 is 11.8 Å². The third kappa shape index (κ3) is 4.66. The van der Waals surface area contributed by atoms with Crippen LogP contribution in [0.25, 0.3) is 0 Å². The van der Waals surface area contributed by atoms with Crippen LogP contribution in [0.5, 0.6) is 0 Å². The van der Waals surface area contributed by atoms with Gasteiger partial charge in [0.1, 0.15) is 0 Å². The minimum Gasteiger partial charge on any atom is -0.370 e. The number of thioether (sulfide) groups is 1. The van der Waals surface area contributed by atoms with E-state index in [4.69, 9.17) is 5.73 Å². The Morgan fingerprint density at radius 1 is 1.36 bits per heavy atom. The van der Waals surface area contributed by atoms with Crippen molar-refractivity contribution in [2.24, 2.45) is 10.7 Å². The molecule has 1 aliphatic rings. The molecule has 0 spiro atoms. The molecule has 0 aliphatic carbocycles. The van der Waals surface area contributed by atoms with E-state index in [2.05, 4.69) is 9.89 Å². The lowest BCUT2D eigenvalue weighted by molar-refractivity contribution is 0.0827. The molecule has 1 aromatic carbocycles. The fourth-order valence-electron chi connectivity index (χ4n) is 2.31. The maximum atomic E-state index is 12.0. The highest BCUT2D eigenvalue weighted by Crippen LogP contribution is 2.10. The summed E-state index contributed by atoms with van der Waals surface area (Å²) in [5.41, 5.74) is 7.86. The normalized spacial score (nSPS) is 15.7. The molecular formula is C16H24N4OS. The Kier molecular flexibility index (Phi) is 6.12. The molecule has 1 amide bonds. The number of aliphatic imine (C=N–C) groups is 1. The fourth-order valence-corrected chi connectivity index (χ4v) is 3.21. The van der Waals surface area contributed by atoms with E-state index in [9.17, 15) is 4.79 Å². The van der Waals surface area contributed by atoms with Crippen molar-refractivity contribution in [3.8, 4) is 0 Å². The number of amides is 1. The SMILES string of the molecule is CN(C)C(=O)c1cccc(CCN=C(N)N2CCSCC2)c1. The van der Waals surface area contributed by atoms with Gasteiger partial charge >= 0.3 is 0 Å². The van der Waals surface area contributed by atoms with Crippen molar-refractivity contribution in [1.29, 1.82) is 0 Å². The molecule has 0 aromatic heterocycles. The first-order valence-corrected chi connectivity index (χ1v) is 8.66. The number of hydrogen-bond donors (Lipinski definition) is 1. The van der Waals surface area contributed by atoms with E-state index in [0.29, 0.717) is 18.1 Å². The molecule has 6 heteroatoms. The lowest BCUT2D eigenvalue weighted by atomic mass is 10.1. The van der Waals surface area contributed by atoms with Gasteiger partial charge in [-0.2, -0.15) is 11.8 Å². The number of carbonyl (C=O) groups is 1. The van der Waals surface area contributed by atoms with Gasteiger partial charge in [-0.3, -0.25) is 9.79 Å². The summed E-state index contributed by atoms with van der Waals surface area (Å²) in [4.78, 5) is 20.2. The van der Waals surface area contributed by atoms with Crippen molar-refractivity contribution in [3.63, 3.8) is 0 Å². The summed E-state index contributed by atoms with van der Waals surface area (Å²) in [6.45, 7) is 2.61. The van der Waals surface area contributed by atoms with Gasteiger partial charge in [0.25, 0.3) is 5.91 Å². The zero-order valence-electron chi connectivity index (χ0n) is 13.3. The molecule has 1 saturated heterocycles. The van der Waals surface area contributed by atoms with E-state index in [1.54, 1.807) is 19.0 Å². The molecule has 0 atom stereocenters. The van der Waals surface area contributed by atoms with Crippen molar-refractivity contribution in [2.45, 2.75) is 6.42 Å². The van der Waals surface area contributed by atoms with E-state index in [1.165, 1.54) is 0 Å². The first-order valence-electron chi connectivity index (χ1n) is 7.51. The minimum atomic E-state index is 0.0238. The molecule has 1 fully saturated rings.